The molecule has 8 nitrogen and oxygen atoms in total. The van der Waals surface area contributed by atoms with Gasteiger partial charge < -0.3 is 14.4 Å². The SMILES string of the molecule is CN(C)S(=O)(=O)C[C@@H]1CN(C(=O)Cc2nc3ccccc3o2)C[C@H]1O. The topological polar surface area (TPSA) is 104 Å². The van der Waals surface area contributed by atoms with Gasteiger partial charge >= 0.3 is 0 Å². The molecule has 0 aliphatic carbocycles. The number of fused-ring (bicyclic) bond motifs is 1. The molecule has 2 aromatic rings. The summed E-state index contributed by atoms with van der Waals surface area (Å²) in [6.45, 7) is 0.319. The molecule has 0 unspecified atom stereocenters. The van der Waals surface area contributed by atoms with Gasteiger partial charge in [0.15, 0.2) is 5.58 Å². The monoisotopic (exact) mass is 367 g/mol. The van der Waals surface area contributed by atoms with E-state index in [2.05, 4.69) is 4.98 Å². The van der Waals surface area contributed by atoms with Crippen molar-refractivity contribution in [3.8, 4) is 0 Å². The molecular formula is C16H21N3O5S. The molecule has 3 rings (SSSR count). The number of amides is 1. The molecule has 0 radical (unpaired) electrons. The zero-order valence-electron chi connectivity index (χ0n) is 14.1. The van der Waals surface area contributed by atoms with Crippen LogP contribution in [0.2, 0.25) is 0 Å². The van der Waals surface area contributed by atoms with Gasteiger partial charge in [0.2, 0.25) is 21.8 Å². The highest BCUT2D eigenvalue weighted by atomic mass is 32.2. The number of sulfonamides is 1. The highest BCUT2D eigenvalue weighted by molar-refractivity contribution is 7.89. The summed E-state index contributed by atoms with van der Waals surface area (Å²) in [5, 5.41) is 10.1. The second-order valence-corrected chi connectivity index (χ2v) is 8.67. The normalized spacial score (nSPS) is 21.4. The van der Waals surface area contributed by atoms with Crippen LogP contribution in [0.25, 0.3) is 11.1 Å². The average molecular weight is 367 g/mol. The van der Waals surface area contributed by atoms with Gasteiger partial charge in [-0.3, -0.25) is 4.79 Å². The van der Waals surface area contributed by atoms with Crippen LogP contribution in [0.15, 0.2) is 28.7 Å². The Morgan fingerprint density at radius 3 is 2.76 bits per heavy atom. The van der Waals surface area contributed by atoms with E-state index in [1.54, 1.807) is 12.1 Å². The summed E-state index contributed by atoms with van der Waals surface area (Å²) in [4.78, 5) is 18.2. The van der Waals surface area contributed by atoms with Gasteiger partial charge in [0.25, 0.3) is 0 Å². The van der Waals surface area contributed by atoms with Crippen molar-refractivity contribution in [3.05, 3.63) is 30.2 Å². The summed E-state index contributed by atoms with van der Waals surface area (Å²) in [6.07, 6.45) is -0.878. The minimum absolute atomic E-state index is 0.0193. The van der Waals surface area contributed by atoms with E-state index in [0.29, 0.717) is 17.0 Å². The molecule has 25 heavy (non-hydrogen) atoms. The predicted molar refractivity (Wildman–Crippen MR) is 91.3 cm³/mol. The zero-order valence-corrected chi connectivity index (χ0v) is 14.9. The van der Waals surface area contributed by atoms with E-state index in [9.17, 15) is 18.3 Å². The molecule has 136 valence electrons. The fraction of sp³-hybridized carbons (Fsp3) is 0.500. The van der Waals surface area contributed by atoms with Crippen LogP contribution in [-0.2, 0) is 21.2 Å². The number of rotatable bonds is 5. The number of likely N-dealkylation sites (tertiary alicyclic amines) is 1. The number of carbonyl (C=O) groups is 1. The van der Waals surface area contributed by atoms with Gasteiger partial charge in [-0.25, -0.2) is 17.7 Å². The summed E-state index contributed by atoms with van der Waals surface area (Å²) in [6, 6.07) is 7.24. The Morgan fingerprint density at radius 2 is 2.08 bits per heavy atom. The third kappa shape index (κ3) is 3.83. The van der Waals surface area contributed by atoms with Crippen molar-refractivity contribution >= 4 is 27.0 Å². The van der Waals surface area contributed by atoms with Gasteiger partial charge in [0, 0.05) is 33.1 Å². The second kappa shape index (κ2) is 6.74. The van der Waals surface area contributed by atoms with Gasteiger partial charge in [-0.15, -0.1) is 0 Å². The minimum atomic E-state index is -3.44. The number of hydrogen-bond donors (Lipinski definition) is 1. The van der Waals surface area contributed by atoms with Crippen molar-refractivity contribution < 1.29 is 22.7 Å². The standard InChI is InChI=1S/C16H21N3O5S/c1-18(2)25(22,23)10-11-8-19(9-13(11)20)16(21)7-15-17-12-5-3-4-6-14(12)24-15/h3-6,11,13,20H,7-10H2,1-2H3/t11-,13+/m0/s1. The van der Waals surface area contributed by atoms with Crippen LogP contribution in [-0.4, -0.2) is 72.7 Å². The molecule has 1 saturated heterocycles. The first kappa shape index (κ1) is 17.8. The molecule has 1 amide bonds. The van der Waals surface area contributed by atoms with E-state index in [1.165, 1.54) is 19.0 Å². The van der Waals surface area contributed by atoms with Crippen molar-refractivity contribution in [2.45, 2.75) is 12.5 Å². The number of aromatic nitrogens is 1. The Balaban J connectivity index is 1.65. The van der Waals surface area contributed by atoms with E-state index >= 15 is 0 Å². The summed E-state index contributed by atoms with van der Waals surface area (Å²) < 4.78 is 30.6. The Morgan fingerprint density at radius 1 is 1.36 bits per heavy atom. The molecule has 1 aliphatic rings. The van der Waals surface area contributed by atoms with Crippen LogP contribution in [0.5, 0.6) is 0 Å². The first-order valence-corrected chi connectivity index (χ1v) is 9.57. The summed E-state index contributed by atoms with van der Waals surface area (Å²) in [7, 11) is -0.533. The first-order chi connectivity index (χ1) is 11.8. The molecule has 0 saturated carbocycles. The maximum Gasteiger partial charge on any atom is 0.232 e. The van der Waals surface area contributed by atoms with Gasteiger partial charge in [0.1, 0.15) is 11.9 Å². The molecule has 1 N–H and O–H groups in total. The molecule has 1 aromatic carbocycles. The maximum atomic E-state index is 12.4. The third-order valence-corrected chi connectivity index (χ3v) is 6.34. The lowest BCUT2D eigenvalue weighted by Gasteiger charge is -2.17. The second-order valence-electron chi connectivity index (χ2n) is 6.44. The van der Waals surface area contributed by atoms with Gasteiger partial charge in [0.05, 0.1) is 11.9 Å². The lowest BCUT2D eigenvalue weighted by atomic mass is 10.1. The van der Waals surface area contributed by atoms with Crippen LogP contribution in [0, 0.1) is 5.92 Å². The Bertz CT molecular complexity index is 844. The van der Waals surface area contributed by atoms with Crippen molar-refractivity contribution in [2.75, 3.05) is 32.9 Å². The van der Waals surface area contributed by atoms with Crippen LogP contribution >= 0.6 is 0 Å². The van der Waals surface area contributed by atoms with Crippen molar-refractivity contribution in [3.63, 3.8) is 0 Å². The van der Waals surface area contributed by atoms with E-state index < -0.39 is 22.0 Å². The molecule has 1 fully saturated rings. The predicted octanol–water partition coefficient (Wildman–Crippen LogP) is 0.0810. The highest BCUT2D eigenvalue weighted by Gasteiger charge is 2.37. The minimum Gasteiger partial charge on any atom is -0.440 e. The number of benzene rings is 1. The number of nitrogens with zero attached hydrogens (tertiary/aromatic N) is 3. The molecule has 0 spiro atoms. The summed E-state index contributed by atoms with van der Waals surface area (Å²) in [5.41, 5.74) is 1.29. The average Bonchev–Trinajstić information content (AvgIpc) is 3.10. The zero-order chi connectivity index (χ0) is 18.2. The lowest BCUT2D eigenvalue weighted by molar-refractivity contribution is -0.130. The van der Waals surface area contributed by atoms with Crippen molar-refractivity contribution in [2.24, 2.45) is 5.92 Å². The largest absolute Gasteiger partial charge is 0.440 e. The van der Waals surface area contributed by atoms with Gasteiger partial charge in [-0.1, -0.05) is 12.1 Å². The van der Waals surface area contributed by atoms with Crippen LogP contribution < -0.4 is 0 Å². The van der Waals surface area contributed by atoms with Crippen molar-refractivity contribution in [1.29, 1.82) is 0 Å². The highest BCUT2D eigenvalue weighted by Crippen LogP contribution is 2.21. The smallest absolute Gasteiger partial charge is 0.232 e. The molecule has 1 aromatic heterocycles. The van der Waals surface area contributed by atoms with Gasteiger partial charge in [-0.05, 0) is 12.1 Å². The van der Waals surface area contributed by atoms with Crippen molar-refractivity contribution in [1.82, 2.24) is 14.2 Å². The maximum absolute atomic E-state index is 12.4. The molecule has 2 atom stereocenters. The molecule has 0 bridgehead atoms. The fourth-order valence-corrected chi connectivity index (χ4v) is 4.04. The van der Waals surface area contributed by atoms with Crippen LogP contribution in [0.3, 0.4) is 0 Å². The molecule has 2 heterocycles. The first-order valence-electron chi connectivity index (χ1n) is 7.97. The fourth-order valence-electron chi connectivity index (χ4n) is 2.88. The van der Waals surface area contributed by atoms with Crippen LogP contribution in [0.4, 0.5) is 0 Å². The number of carbonyl (C=O) groups excluding carboxylic acids is 1. The Labute approximate surface area is 146 Å². The van der Waals surface area contributed by atoms with E-state index in [1.807, 2.05) is 12.1 Å². The number of aliphatic hydroxyl groups is 1. The quantitative estimate of drug-likeness (QED) is 0.803. The molecule has 1 aliphatic heterocycles. The molecular weight excluding hydrogens is 346 g/mol. The summed E-state index contributed by atoms with van der Waals surface area (Å²) in [5.74, 6) is -0.617. The third-order valence-electron chi connectivity index (χ3n) is 4.38. The number of hydrogen-bond acceptors (Lipinski definition) is 6. The molecule has 9 heteroatoms. The Kier molecular flexibility index (Phi) is 4.81. The van der Waals surface area contributed by atoms with E-state index in [-0.39, 0.29) is 31.2 Å². The van der Waals surface area contributed by atoms with Crippen LogP contribution in [0.1, 0.15) is 5.89 Å². The van der Waals surface area contributed by atoms with E-state index in [4.69, 9.17) is 4.42 Å². The number of oxazole rings is 1. The number of aliphatic hydroxyl groups excluding tert-OH is 1. The lowest BCUT2D eigenvalue weighted by Crippen LogP contribution is -2.34. The number of β-amino-alcohol motifs (C(OH)–C–C–N with tert-alkyl or cyclic N) is 1. The Hall–Kier alpha value is -1.97. The number of para-hydroxylation sites is 2. The summed E-state index contributed by atoms with van der Waals surface area (Å²) >= 11 is 0. The van der Waals surface area contributed by atoms with Gasteiger partial charge in [-0.2, -0.15) is 0 Å². The van der Waals surface area contributed by atoms with E-state index in [0.717, 1.165) is 4.31 Å².